The molecule has 0 aliphatic carbocycles. The molecule has 0 bridgehead atoms. The first kappa shape index (κ1) is 11.5. The molecule has 0 radical (unpaired) electrons. The van der Waals surface area contributed by atoms with Crippen LogP contribution in [0.5, 0.6) is 0 Å². The fourth-order valence-electron chi connectivity index (χ4n) is 2.34. The molecule has 2 nitrogen and oxygen atoms in total. The first-order chi connectivity index (χ1) is 6.46. The van der Waals surface area contributed by atoms with E-state index in [0.29, 0.717) is 11.9 Å². The van der Waals surface area contributed by atoms with Crippen LogP contribution in [-0.2, 0) is 4.79 Å². The van der Waals surface area contributed by atoms with E-state index < -0.39 is 0 Å². The van der Waals surface area contributed by atoms with E-state index in [4.69, 9.17) is 0 Å². The average molecular weight is 197 g/mol. The molecular weight excluding hydrogens is 174 g/mol. The van der Waals surface area contributed by atoms with E-state index in [1.807, 2.05) is 0 Å². The van der Waals surface area contributed by atoms with E-state index in [0.717, 1.165) is 25.8 Å². The van der Waals surface area contributed by atoms with Crippen molar-refractivity contribution in [3.63, 3.8) is 0 Å². The summed E-state index contributed by atoms with van der Waals surface area (Å²) in [5.41, 5.74) is 0.227. The largest absolute Gasteiger partial charge is 0.339 e. The molecule has 1 aliphatic rings. The molecule has 1 heterocycles. The van der Waals surface area contributed by atoms with E-state index in [1.54, 1.807) is 0 Å². The molecule has 0 aromatic heterocycles. The molecule has 1 amide bonds. The summed E-state index contributed by atoms with van der Waals surface area (Å²) in [6.07, 6.45) is 4.07. The van der Waals surface area contributed by atoms with Crippen LogP contribution in [0.4, 0.5) is 0 Å². The lowest BCUT2D eigenvalue weighted by Gasteiger charge is -2.43. The molecule has 0 spiro atoms. The Morgan fingerprint density at radius 2 is 2.07 bits per heavy atom. The summed E-state index contributed by atoms with van der Waals surface area (Å²) >= 11 is 0. The van der Waals surface area contributed by atoms with Crippen LogP contribution in [0.25, 0.3) is 0 Å². The van der Waals surface area contributed by atoms with E-state index in [2.05, 4.69) is 32.6 Å². The van der Waals surface area contributed by atoms with Crippen molar-refractivity contribution in [2.75, 3.05) is 6.54 Å². The Morgan fingerprint density at radius 1 is 1.43 bits per heavy atom. The van der Waals surface area contributed by atoms with Gasteiger partial charge in [-0.05, 0) is 24.7 Å². The van der Waals surface area contributed by atoms with E-state index in [-0.39, 0.29) is 5.41 Å². The lowest BCUT2D eigenvalue weighted by molar-refractivity contribution is -0.139. The number of hydrogen-bond acceptors (Lipinski definition) is 1. The highest BCUT2D eigenvalue weighted by atomic mass is 16.2. The molecule has 0 saturated carbocycles. The van der Waals surface area contributed by atoms with E-state index in [9.17, 15) is 4.79 Å². The molecule has 1 rings (SSSR count). The molecule has 82 valence electrons. The van der Waals surface area contributed by atoms with Gasteiger partial charge in [0.15, 0.2) is 0 Å². The maximum atomic E-state index is 11.8. The number of nitrogens with zero attached hydrogens (tertiary/aromatic N) is 1. The van der Waals surface area contributed by atoms with Crippen LogP contribution in [0.15, 0.2) is 0 Å². The lowest BCUT2D eigenvalue weighted by atomic mass is 9.80. The Bertz CT molecular complexity index is 205. The molecule has 1 fully saturated rings. The number of carbonyl (C=O) groups is 1. The highest BCUT2D eigenvalue weighted by Gasteiger charge is 2.35. The minimum Gasteiger partial charge on any atom is -0.339 e. The monoisotopic (exact) mass is 197 g/mol. The van der Waals surface area contributed by atoms with Gasteiger partial charge in [0.05, 0.1) is 0 Å². The number of rotatable bonds is 2. The van der Waals surface area contributed by atoms with Crippen molar-refractivity contribution in [3.05, 3.63) is 0 Å². The zero-order chi connectivity index (χ0) is 10.8. The van der Waals surface area contributed by atoms with Gasteiger partial charge in [0.2, 0.25) is 5.91 Å². The SMILES string of the molecule is CCCN1C(=O)CCCC1C(C)(C)C. The summed E-state index contributed by atoms with van der Waals surface area (Å²) in [5, 5.41) is 0. The normalized spacial score (nSPS) is 24.1. The average Bonchev–Trinajstić information content (AvgIpc) is 2.07. The van der Waals surface area contributed by atoms with Gasteiger partial charge in [0.25, 0.3) is 0 Å². The third-order valence-electron chi connectivity index (χ3n) is 3.03. The highest BCUT2D eigenvalue weighted by molar-refractivity contribution is 5.77. The highest BCUT2D eigenvalue weighted by Crippen LogP contribution is 2.32. The Balaban J connectivity index is 2.74. The van der Waals surface area contributed by atoms with Crippen molar-refractivity contribution in [3.8, 4) is 0 Å². The zero-order valence-corrected chi connectivity index (χ0v) is 9.97. The second kappa shape index (κ2) is 4.33. The van der Waals surface area contributed by atoms with Gasteiger partial charge in [-0.1, -0.05) is 27.7 Å². The summed E-state index contributed by atoms with van der Waals surface area (Å²) in [6.45, 7) is 9.78. The Morgan fingerprint density at radius 3 is 2.57 bits per heavy atom. The standard InChI is InChI=1S/C12H23NO/c1-5-9-13-10(12(2,3)4)7-6-8-11(13)14/h10H,5-9H2,1-4H3. The Hall–Kier alpha value is -0.530. The van der Waals surface area contributed by atoms with Crippen LogP contribution >= 0.6 is 0 Å². The third kappa shape index (κ3) is 2.49. The molecule has 2 heteroatoms. The summed E-state index contributed by atoms with van der Waals surface area (Å²) in [7, 11) is 0. The molecule has 0 N–H and O–H groups in total. The van der Waals surface area contributed by atoms with Crippen LogP contribution in [-0.4, -0.2) is 23.4 Å². The van der Waals surface area contributed by atoms with Gasteiger partial charge >= 0.3 is 0 Å². The molecule has 1 aliphatic heterocycles. The Labute approximate surface area is 87.7 Å². The summed E-state index contributed by atoms with van der Waals surface area (Å²) in [5.74, 6) is 0.359. The minimum atomic E-state index is 0.227. The Kier molecular flexibility index (Phi) is 3.57. The molecule has 0 aromatic rings. The fourth-order valence-corrected chi connectivity index (χ4v) is 2.34. The van der Waals surface area contributed by atoms with Gasteiger partial charge in [0, 0.05) is 19.0 Å². The smallest absolute Gasteiger partial charge is 0.222 e. The predicted octanol–water partition coefficient (Wildman–Crippen LogP) is 2.82. The number of hydrogen-bond donors (Lipinski definition) is 0. The topological polar surface area (TPSA) is 20.3 Å². The van der Waals surface area contributed by atoms with Crippen molar-refractivity contribution in [2.45, 2.75) is 59.4 Å². The van der Waals surface area contributed by atoms with Crippen LogP contribution < -0.4 is 0 Å². The lowest BCUT2D eigenvalue weighted by Crippen LogP contribution is -2.50. The second-order valence-corrected chi connectivity index (χ2v) is 5.36. The van der Waals surface area contributed by atoms with Gasteiger partial charge in [-0.2, -0.15) is 0 Å². The predicted molar refractivity (Wildman–Crippen MR) is 59.1 cm³/mol. The summed E-state index contributed by atoms with van der Waals surface area (Å²) in [4.78, 5) is 13.9. The third-order valence-corrected chi connectivity index (χ3v) is 3.03. The summed E-state index contributed by atoms with van der Waals surface area (Å²) in [6, 6.07) is 0.448. The van der Waals surface area contributed by atoms with E-state index >= 15 is 0 Å². The number of amides is 1. The molecule has 14 heavy (non-hydrogen) atoms. The van der Waals surface area contributed by atoms with Crippen LogP contribution in [0, 0.1) is 5.41 Å². The molecule has 1 unspecified atom stereocenters. The van der Waals surface area contributed by atoms with Crippen LogP contribution in [0.3, 0.4) is 0 Å². The molecule has 1 saturated heterocycles. The van der Waals surface area contributed by atoms with Crippen LogP contribution in [0.2, 0.25) is 0 Å². The van der Waals surface area contributed by atoms with Crippen molar-refractivity contribution in [1.29, 1.82) is 0 Å². The number of piperidine rings is 1. The van der Waals surface area contributed by atoms with Gasteiger partial charge in [-0.15, -0.1) is 0 Å². The van der Waals surface area contributed by atoms with Gasteiger partial charge < -0.3 is 4.90 Å². The van der Waals surface area contributed by atoms with Gasteiger partial charge in [0.1, 0.15) is 0 Å². The molecule has 1 atom stereocenters. The van der Waals surface area contributed by atoms with Crippen molar-refractivity contribution in [2.24, 2.45) is 5.41 Å². The van der Waals surface area contributed by atoms with E-state index in [1.165, 1.54) is 6.42 Å². The maximum absolute atomic E-state index is 11.8. The molecular formula is C12H23NO. The minimum absolute atomic E-state index is 0.227. The van der Waals surface area contributed by atoms with Gasteiger partial charge in [-0.3, -0.25) is 4.79 Å². The van der Waals surface area contributed by atoms with Crippen LogP contribution in [0.1, 0.15) is 53.4 Å². The van der Waals surface area contributed by atoms with Crippen molar-refractivity contribution >= 4 is 5.91 Å². The number of carbonyl (C=O) groups excluding carboxylic acids is 1. The van der Waals surface area contributed by atoms with Crippen molar-refractivity contribution in [1.82, 2.24) is 4.90 Å². The van der Waals surface area contributed by atoms with Gasteiger partial charge in [-0.25, -0.2) is 0 Å². The first-order valence-electron chi connectivity index (χ1n) is 5.76. The van der Waals surface area contributed by atoms with Crippen molar-refractivity contribution < 1.29 is 4.79 Å². The fraction of sp³-hybridized carbons (Fsp3) is 0.917. The maximum Gasteiger partial charge on any atom is 0.222 e. The first-order valence-corrected chi connectivity index (χ1v) is 5.76. The zero-order valence-electron chi connectivity index (χ0n) is 9.97. The molecule has 0 aromatic carbocycles. The quantitative estimate of drug-likeness (QED) is 0.666. The summed E-state index contributed by atoms with van der Waals surface area (Å²) < 4.78 is 0. The number of likely N-dealkylation sites (tertiary alicyclic amines) is 1. The second-order valence-electron chi connectivity index (χ2n) is 5.36.